The van der Waals surface area contributed by atoms with Crippen LogP contribution >= 0.6 is 0 Å². The molecule has 1 amide bonds. The van der Waals surface area contributed by atoms with Gasteiger partial charge in [-0.05, 0) is 98.3 Å². The van der Waals surface area contributed by atoms with E-state index in [-0.39, 0.29) is 42.7 Å². The minimum Gasteiger partial charge on any atom is -0.506 e. The van der Waals surface area contributed by atoms with Crippen LogP contribution in [-0.2, 0) is 16.1 Å². The third-order valence-electron chi connectivity index (χ3n) is 10.5. The fraction of sp³-hybridized carbons (Fsp3) is 0.349. The molecule has 8 rings (SSSR count). The van der Waals surface area contributed by atoms with Crippen molar-refractivity contribution in [1.29, 1.82) is 0 Å². The predicted molar refractivity (Wildman–Crippen MR) is 209 cm³/mol. The molecule has 1 unspecified atom stereocenters. The number of piperidine rings is 3. The largest absolute Gasteiger partial charge is 0.506 e. The van der Waals surface area contributed by atoms with Crippen LogP contribution in [0.3, 0.4) is 0 Å². The number of nitrogens with one attached hydrogen (secondary N) is 3. The van der Waals surface area contributed by atoms with Gasteiger partial charge in [-0.1, -0.05) is 48.5 Å². The number of nitrogens with zero attached hydrogens (tertiary/aromatic N) is 2. The smallest absolute Gasteiger partial charge is 0.408 e. The summed E-state index contributed by atoms with van der Waals surface area (Å²) >= 11 is 0. The molecule has 2 bridgehead atoms. The number of rotatable bonds is 16. The highest BCUT2D eigenvalue weighted by Gasteiger charge is 2.37. The van der Waals surface area contributed by atoms with Gasteiger partial charge in [0, 0.05) is 42.5 Å². The molecule has 3 saturated heterocycles. The van der Waals surface area contributed by atoms with Gasteiger partial charge in [-0.25, -0.2) is 9.59 Å². The van der Waals surface area contributed by atoms with Crippen molar-refractivity contribution in [1.82, 2.24) is 25.5 Å². The minimum atomic E-state index is -0.854. The predicted octanol–water partition coefficient (Wildman–Crippen LogP) is 5.38. The van der Waals surface area contributed by atoms with Crippen LogP contribution in [0.25, 0.3) is 10.9 Å². The van der Waals surface area contributed by atoms with E-state index in [1.54, 1.807) is 24.4 Å². The lowest BCUT2D eigenvalue weighted by molar-refractivity contribution is -0.0336. The maximum Gasteiger partial charge on any atom is 0.408 e. The first kappa shape index (κ1) is 38.5. The Labute approximate surface area is 324 Å². The van der Waals surface area contributed by atoms with Crippen LogP contribution in [0, 0.1) is 5.92 Å². The maximum atomic E-state index is 13.2. The quantitative estimate of drug-likeness (QED) is 0.0645. The number of carbonyl (C=O) groups excluding carboxylic acids is 2. The Balaban J connectivity index is 0.866. The molecular formula is C43H47N5O8. The fourth-order valence-electron chi connectivity index (χ4n) is 7.47. The number of ether oxygens (including phenoxy) is 3. The number of hydrogen-bond donors (Lipinski definition) is 5. The summed E-state index contributed by atoms with van der Waals surface area (Å²) in [5, 5.41) is 27.7. The number of phenolic OH excluding ortho intramolecular Hbond substituents is 1. The number of unbranched alkanes of at least 4 members (excludes halogenated alkanes) is 1. The van der Waals surface area contributed by atoms with Gasteiger partial charge < -0.3 is 40.0 Å². The highest BCUT2D eigenvalue weighted by atomic mass is 16.6. The monoisotopic (exact) mass is 761 g/mol. The second kappa shape index (κ2) is 18.2. The molecule has 3 fully saturated rings. The number of fused-ring (bicyclic) bond motifs is 4. The zero-order chi connectivity index (χ0) is 38.9. The van der Waals surface area contributed by atoms with Gasteiger partial charge in [-0.15, -0.1) is 0 Å². The first-order chi connectivity index (χ1) is 27.3. The number of aromatic nitrogens is 2. The van der Waals surface area contributed by atoms with E-state index in [9.17, 15) is 24.6 Å². The number of aromatic amines is 1. The Bertz CT molecular complexity index is 2170. The molecule has 13 heteroatoms. The Hall–Kier alpha value is -5.76. The van der Waals surface area contributed by atoms with E-state index in [2.05, 4.69) is 25.5 Å². The van der Waals surface area contributed by atoms with Crippen molar-refractivity contribution in [3.63, 3.8) is 0 Å². The Morgan fingerprint density at radius 2 is 1.77 bits per heavy atom. The highest BCUT2D eigenvalue weighted by Crippen LogP contribution is 2.31. The first-order valence-electron chi connectivity index (χ1n) is 19.1. The summed E-state index contributed by atoms with van der Waals surface area (Å²) < 4.78 is 17.6. The van der Waals surface area contributed by atoms with Crippen molar-refractivity contribution >= 4 is 23.0 Å². The van der Waals surface area contributed by atoms with Gasteiger partial charge in [0.25, 0.3) is 0 Å². The van der Waals surface area contributed by atoms with Crippen LogP contribution in [-0.4, -0.2) is 82.6 Å². The normalized spacial score (nSPS) is 18.6. The molecule has 292 valence electrons. The van der Waals surface area contributed by atoms with Gasteiger partial charge in [0.1, 0.15) is 24.2 Å². The lowest BCUT2D eigenvalue weighted by atomic mass is 9.86. The van der Waals surface area contributed by atoms with Crippen LogP contribution in [0.15, 0.2) is 102 Å². The van der Waals surface area contributed by atoms with E-state index in [0.717, 1.165) is 43.6 Å². The van der Waals surface area contributed by atoms with E-state index in [1.807, 2.05) is 54.6 Å². The third kappa shape index (κ3) is 9.72. The molecule has 5 heterocycles. The number of hydrogen-bond acceptors (Lipinski definition) is 11. The molecule has 0 spiro atoms. The van der Waals surface area contributed by atoms with Crippen molar-refractivity contribution < 1.29 is 34.0 Å². The van der Waals surface area contributed by atoms with Gasteiger partial charge >= 0.3 is 12.1 Å². The van der Waals surface area contributed by atoms with Crippen molar-refractivity contribution in [2.45, 2.75) is 50.5 Å². The van der Waals surface area contributed by atoms with E-state index >= 15 is 0 Å². The number of H-pyrrole nitrogens is 1. The molecule has 3 aliphatic rings. The number of aromatic hydroxyl groups is 1. The number of pyridine rings is 2. The molecule has 56 heavy (non-hydrogen) atoms. The lowest BCUT2D eigenvalue weighted by Crippen LogP contribution is -2.52. The molecule has 5 aromatic rings. The molecule has 0 aliphatic carbocycles. The summed E-state index contributed by atoms with van der Waals surface area (Å²) in [4.78, 5) is 46.9. The number of carbonyl (C=O) groups is 2. The summed E-state index contributed by atoms with van der Waals surface area (Å²) in [6.45, 7) is 4.16. The standard InChI is InChI=1S/C43H47N5O8/c49-36-13-11-34(35-12-14-39(51)46-41(35)36)37(50)25-44-17-4-5-20-54-42(52)32-21-28(23-45-24-32)27-55-33-10-6-9-31(22-33)40(30-7-2-1-3-8-30)47-43(53)56-38-26-48-18-15-29(38)16-19-48/h1-3,6-14,21-24,29,37-38,40,44,49-50H,4-5,15-20,25-27H2,(H,46,51)(H,47,53)/t37-,38+,40?/m1/s1. The third-order valence-corrected chi connectivity index (χ3v) is 10.5. The number of amides is 1. The number of aliphatic hydroxyl groups excluding tert-OH is 1. The zero-order valence-corrected chi connectivity index (χ0v) is 31.1. The molecule has 3 aromatic carbocycles. The second-order valence-electron chi connectivity index (χ2n) is 14.4. The van der Waals surface area contributed by atoms with Crippen molar-refractivity contribution in [3.05, 3.63) is 135 Å². The van der Waals surface area contributed by atoms with E-state index in [1.165, 1.54) is 18.3 Å². The Kier molecular flexibility index (Phi) is 12.6. The van der Waals surface area contributed by atoms with Gasteiger partial charge in [0.2, 0.25) is 5.56 Å². The van der Waals surface area contributed by atoms with Crippen LogP contribution in [0.5, 0.6) is 11.5 Å². The summed E-state index contributed by atoms with van der Waals surface area (Å²) in [5.41, 5.74) is 3.31. The van der Waals surface area contributed by atoms with E-state index < -0.39 is 24.2 Å². The summed E-state index contributed by atoms with van der Waals surface area (Å²) in [6.07, 6.45) is 5.14. The summed E-state index contributed by atoms with van der Waals surface area (Å²) in [5.74, 6) is 0.461. The topological polar surface area (TPSA) is 175 Å². The molecule has 0 radical (unpaired) electrons. The molecule has 5 N–H and O–H groups in total. The minimum absolute atomic E-state index is 0.0598. The molecule has 3 aliphatic heterocycles. The number of benzene rings is 3. The Morgan fingerprint density at radius 3 is 2.57 bits per heavy atom. The fourth-order valence-corrected chi connectivity index (χ4v) is 7.47. The summed E-state index contributed by atoms with van der Waals surface area (Å²) in [6, 6.07) is 24.6. The van der Waals surface area contributed by atoms with Crippen LogP contribution in [0.4, 0.5) is 4.79 Å². The van der Waals surface area contributed by atoms with Crippen LogP contribution < -0.4 is 20.9 Å². The average Bonchev–Trinajstić information content (AvgIpc) is 3.23. The van der Waals surface area contributed by atoms with Gasteiger partial charge in [0.15, 0.2) is 0 Å². The van der Waals surface area contributed by atoms with Gasteiger partial charge in [-0.2, -0.15) is 0 Å². The number of alkyl carbamates (subject to hydrolysis) is 1. The van der Waals surface area contributed by atoms with Gasteiger partial charge in [0.05, 0.1) is 29.8 Å². The van der Waals surface area contributed by atoms with E-state index in [4.69, 9.17) is 14.2 Å². The molecule has 13 nitrogen and oxygen atoms in total. The molecule has 0 saturated carbocycles. The zero-order valence-electron chi connectivity index (χ0n) is 31.1. The molecule has 3 atom stereocenters. The van der Waals surface area contributed by atoms with Crippen LogP contribution in [0.2, 0.25) is 0 Å². The molecular weight excluding hydrogens is 714 g/mol. The molecule has 2 aromatic heterocycles. The highest BCUT2D eigenvalue weighted by molar-refractivity contribution is 5.89. The second-order valence-corrected chi connectivity index (χ2v) is 14.4. The lowest BCUT2D eigenvalue weighted by Gasteiger charge is -2.43. The number of esters is 1. The maximum absolute atomic E-state index is 13.2. The van der Waals surface area contributed by atoms with Crippen molar-refractivity contribution in [2.24, 2.45) is 5.92 Å². The van der Waals surface area contributed by atoms with Crippen molar-refractivity contribution in [2.75, 3.05) is 39.3 Å². The van der Waals surface area contributed by atoms with E-state index in [0.29, 0.717) is 53.1 Å². The van der Waals surface area contributed by atoms with Crippen molar-refractivity contribution in [3.8, 4) is 11.5 Å². The van der Waals surface area contributed by atoms with Gasteiger partial charge in [-0.3, -0.25) is 14.7 Å². The Morgan fingerprint density at radius 1 is 0.946 bits per heavy atom. The van der Waals surface area contributed by atoms with Crippen LogP contribution in [0.1, 0.15) is 70.4 Å². The SMILES string of the molecule is O=C(NC(c1ccccc1)c1cccc(OCc2cncc(C(=O)OCCCCNC[C@@H](O)c3ccc(O)c4[nH]c(=O)ccc34)c2)c1)O[C@H]1CN2CCC1CC2. The summed E-state index contributed by atoms with van der Waals surface area (Å²) in [7, 11) is 0. The number of aliphatic hydroxyl groups is 1. The first-order valence-corrected chi connectivity index (χ1v) is 19.1. The average molecular weight is 762 g/mol. The number of phenols is 1.